The number of nitrogens with one attached hydrogen (secondary N) is 2. The lowest BCUT2D eigenvalue weighted by Crippen LogP contribution is -2.53. The van der Waals surface area contributed by atoms with Crippen LogP contribution in [0.1, 0.15) is 37.8 Å². The lowest BCUT2D eigenvalue weighted by atomic mass is 9.85. The van der Waals surface area contributed by atoms with Gasteiger partial charge in [0.15, 0.2) is 0 Å². The van der Waals surface area contributed by atoms with Crippen molar-refractivity contribution < 1.29 is 9.18 Å². The molecule has 2 aromatic heterocycles. The molecule has 4 N–H and O–H groups in total. The van der Waals surface area contributed by atoms with Gasteiger partial charge in [0.25, 0.3) is 0 Å². The SMILES string of the molecule is CC(NC(=O)CC1(N)CCN(c2ncnc3[nH]ccc23)CC1)c1ccc(F)cc1. The predicted octanol–water partition coefficient (Wildman–Crippen LogP) is 2.66. The van der Waals surface area contributed by atoms with E-state index in [0.717, 1.165) is 35.5 Å². The minimum Gasteiger partial charge on any atom is -0.356 e. The number of carbonyl (C=O) groups excluding carboxylic acids is 1. The fraction of sp³-hybridized carbons (Fsp3) is 0.381. The second kappa shape index (κ2) is 7.79. The van der Waals surface area contributed by atoms with Crippen molar-refractivity contribution in [3.63, 3.8) is 0 Å². The van der Waals surface area contributed by atoms with E-state index in [0.29, 0.717) is 12.8 Å². The molecule has 29 heavy (non-hydrogen) atoms. The predicted molar refractivity (Wildman–Crippen MR) is 110 cm³/mol. The number of H-pyrrole nitrogens is 1. The Hall–Kier alpha value is -3.00. The Kier molecular flexibility index (Phi) is 5.19. The minimum atomic E-state index is -0.548. The Labute approximate surface area is 168 Å². The van der Waals surface area contributed by atoms with Gasteiger partial charge in [-0.25, -0.2) is 14.4 Å². The van der Waals surface area contributed by atoms with Gasteiger partial charge in [-0.1, -0.05) is 12.1 Å². The highest BCUT2D eigenvalue weighted by molar-refractivity contribution is 5.87. The van der Waals surface area contributed by atoms with Gasteiger partial charge in [-0.3, -0.25) is 4.79 Å². The number of hydrogen-bond donors (Lipinski definition) is 3. The molecule has 1 aliphatic heterocycles. The molecule has 3 heterocycles. The molecule has 1 fully saturated rings. The lowest BCUT2D eigenvalue weighted by Gasteiger charge is -2.39. The summed E-state index contributed by atoms with van der Waals surface area (Å²) in [5.74, 6) is 0.515. The van der Waals surface area contributed by atoms with Gasteiger partial charge in [0.1, 0.15) is 23.6 Å². The fourth-order valence-electron chi connectivity index (χ4n) is 3.90. The van der Waals surface area contributed by atoms with Gasteiger partial charge in [0.05, 0.1) is 11.4 Å². The number of nitrogens with two attached hydrogens (primary N) is 1. The van der Waals surface area contributed by atoms with Gasteiger partial charge in [-0.15, -0.1) is 0 Å². The molecule has 7 nitrogen and oxygen atoms in total. The zero-order valence-corrected chi connectivity index (χ0v) is 16.4. The van der Waals surface area contributed by atoms with Gasteiger partial charge < -0.3 is 20.9 Å². The first-order valence-corrected chi connectivity index (χ1v) is 9.80. The van der Waals surface area contributed by atoms with Gasteiger partial charge in [0, 0.05) is 31.2 Å². The third kappa shape index (κ3) is 4.22. The number of halogens is 1. The molecule has 0 saturated carbocycles. The average Bonchev–Trinajstić information content (AvgIpc) is 3.17. The fourth-order valence-corrected chi connectivity index (χ4v) is 3.90. The van der Waals surface area contributed by atoms with E-state index in [1.165, 1.54) is 12.1 Å². The first kappa shape index (κ1) is 19.3. The number of fused-ring (bicyclic) bond motifs is 1. The Morgan fingerprint density at radius 1 is 1.28 bits per heavy atom. The van der Waals surface area contributed by atoms with E-state index < -0.39 is 5.54 Å². The van der Waals surface area contributed by atoms with E-state index in [4.69, 9.17) is 5.73 Å². The van der Waals surface area contributed by atoms with Gasteiger partial charge in [-0.2, -0.15) is 0 Å². The van der Waals surface area contributed by atoms with Crippen LogP contribution < -0.4 is 16.0 Å². The molecule has 1 atom stereocenters. The lowest BCUT2D eigenvalue weighted by molar-refractivity contribution is -0.123. The maximum Gasteiger partial charge on any atom is 0.222 e. The van der Waals surface area contributed by atoms with Crippen molar-refractivity contribution in [3.8, 4) is 0 Å². The van der Waals surface area contributed by atoms with Gasteiger partial charge in [0.2, 0.25) is 5.91 Å². The summed E-state index contributed by atoms with van der Waals surface area (Å²) in [4.78, 5) is 26.5. The summed E-state index contributed by atoms with van der Waals surface area (Å²) in [5, 5.41) is 3.96. The normalized spacial score (nSPS) is 17.3. The van der Waals surface area contributed by atoms with Crippen molar-refractivity contribution in [2.75, 3.05) is 18.0 Å². The molecule has 1 unspecified atom stereocenters. The third-order valence-electron chi connectivity index (χ3n) is 5.65. The number of benzene rings is 1. The topological polar surface area (TPSA) is 99.9 Å². The van der Waals surface area contributed by atoms with Crippen molar-refractivity contribution in [1.82, 2.24) is 20.3 Å². The highest BCUT2D eigenvalue weighted by Crippen LogP contribution is 2.29. The molecule has 1 amide bonds. The molecule has 0 bridgehead atoms. The highest BCUT2D eigenvalue weighted by atomic mass is 19.1. The summed E-state index contributed by atoms with van der Waals surface area (Å²) in [6.45, 7) is 3.34. The highest BCUT2D eigenvalue weighted by Gasteiger charge is 2.34. The van der Waals surface area contributed by atoms with Crippen molar-refractivity contribution in [1.29, 1.82) is 0 Å². The second-order valence-corrected chi connectivity index (χ2v) is 7.80. The Balaban J connectivity index is 1.35. The number of piperidine rings is 1. The summed E-state index contributed by atoms with van der Waals surface area (Å²) in [5.41, 5.74) is 7.68. The van der Waals surface area contributed by atoms with E-state index in [-0.39, 0.29) is 24.2 Å². The Bertz CT molecular complexity index is 994. The third-order valence-corrected chi connectivity index (χ3v) is 5.65. The zero-order valence-electron chi connectivity index (χ0n) is 16.4. The number of nitrogens with zero attached hydrogens (tertiary/aromatic N) is 3. The summed E-state index contributed by atoms with van der Waals surface area (Å²) < 4.78 is 13.1. The Morgan fingerprint density at radius 3 is 2.72 bits per heavy atom. The number of amides is 1. The van der Waals surface area contributed by atoms with E-state index in [1.807, 2.05) is 19.2 Å². The number of aromatic nitrogens is 3. The van der Waals surface area contributed by atoms with Crippen LogP contribution in [0.25, 0.3) is 11.0 Å². The van der Waals surface area contributed by atoms with Crippen LogP contribution in [0.2, 0.25) is 0 Å². The molecule has 1 aliphatic rings. The summed E-state index contributed by atoms with van der Waals surface area (Å²) >= 11 is 0. The van der Waals surface area contributed by atoms with Gasteiger partial charge >= 0.3 is 0 Å². The standard InChI is InChI=1S/C21H25FN6O/c1-14(15-2-4-16(22)5-3-15)27-18(29)12-21(23)7-10-28(11-8-21)20-17-6-9-24-19(17)25-13-26-20/h2-6,9,13-14H,7-8,10-12,23H2,1H3,(H,27,29)(H,24,25,26). The van der Waals surface area contributed by atoms with Crippen LogP contribution in [-0.4, -0.2) is 39.5 Å². The molecule has 0 aliphatic carbocycles. The van der Waals surface area contributed by atoms with E-state index in [1.54, 1.807) is 18.5 Å². The number of anilines is 1. The van der Waals surface area contributed by atoms with Crippen LogP contribution in [0, 0.1) is 5.82 Å². The van der Waals surface area contributed by atoms with E-state index in [9.17, 15) is 9.18 Å². The molecule has 1 aromatic carbocycles. The number of carbonyl (C=O) groups is 1. The second-order valence-electron chi connectivity index (χ2n) is 7.80. The molecular formula is C21H25FN6O. The molecule has 4 rings (SSSR count). The van der Waals surface area contributed by atoms with Crippen LogP contribution in [0.4, 0.5) is 10.2 Å². The molecule has 0 spiro atoms. The van der Waals surface area contributed by atoms with Crippen molar-refractivity contribution in [3.05, 3.63) is 54.2 Å². The molecule has 1 saturated heterocycles. The van der Waals surface area contributed by atoms with Crippen molar-refractivity contribution >= 4 is 22.8 Å². The van der Waals surface area contributed by atoms with Crippen LogP contribution in [-0.2, 0) is 4.79 Å². The monoisotopic (exact) mass is 396 g/mol. The van der Waals surface area contributed by atoms with Crippen LogP contribution in [0.3, 0.4) is 0 Å². The molecule has 152 valence electrons. The first-order chi connectivity index (χ1) is 13.9. The van der Waals surface area contributed by atoms with Crippen LogP contribution in [0.5, 0.6) is 0 Å². The number of hydrogen-bond acceptors (Lipinski definition) is 5. The zero-order chi connectivity index (χ0) is 20.4. The molecule has 3 aromatic rings. The summed E-state index contributed by atoms with van der Waals surface area (Å²) in [7, 11) is 0. The van der Waals surface area contributed by atoms with E-state index >= 15 is 0 Å². The minimum absolute atomic E-state index is 0.0900. The number of rotatable bonds is 5. The Morgan fingerprint density at radius 2 is 2.00 bits per heavy atom. The van der Waals surface area contributed by atoms with Crippen LogP contribution in [0.15, 0.2) is 42.9 Å². The van der Waals surface area contributed by atoms with Gasteiger partial charge in [-0.05, 0) is 43.5 Å². The van der Waals surface area contributed by atoms with Crippen molar-refractivity contribution in [2.45, 2.75) is 37.8 Å². The quantitative estimate of drug-likeness (QED) is 0.616. The van der Waals surface area contributed by atoms with E-state index in [2.05, 4.69) is 25.2 Å². The smallest absolute Gasteiger partial charge is 0.222 e. The van der Waals surface area contributed by atoms with Crippen molar-refractivity contribution in [2.24, 2.45) is 5.73 Å². The summed E-state index contributed by atoms with van der Waals surface area (Å²) in [6.07, 6.45) is 5.06. The molecule has 0 radical (unpaired) electrons. The maximum absolute atomic E-state index is 13.1. The largest absolute Gasteiger partial charge is 0.356 e. The van der Waals surface area contributed by atoms with Crippen LogP contribution >= 0.6 is 0 Å². The average molecular weight is 396 g/mol. The molecular weight excluding hydrogens is 371 g/mol. The summed E-state index contributed by atoms with van der Waals surface area (Å²) in [6, 6.07) is 7.93. The first-order valence-electron chi connectivity index (χ1n) is 9.80. The number of aromatic amines is 1. The molecule has 8 heteroatoms. The maximum atomic E-state index is 13.1.